The predicted octanol–water partition coefficient (Wildman–Crippen LogP) is 1.62. The van der Waals surface area contributed by atoms with Gasteiger partial charge in [0.2, 0.25) is 11.8 Å². The van der Waals surface area contributed by atoms with Crippen LogP contribution in [0.4, 0.5) is 0 Å². The zero-order chi connectivity index (χ0) is 20.0. The van der Waals surface area contributed by atoms with Crippen LogP contribution in [-0.4, -0.2) is 56.0 Å². The molecule has 29 heavy (non-hydrogen) atoms. The third-order valence-corrected chi connectivity index (χ3v) is 9.14. The summed E-state index contributed by atoms with van der Waals surface area (Å²) in [7, 11) is 2.21. The minimum Gasteiger partial charge on any atom is -0.344 e. The van der Waals surface area contributed by atoms with Crippen LogP contribution in [0, 0.1) is 29.1 Å². The quantitative estimate of drug-likeness (QED) is 0.751. The van der Waals surface area contributed by atoms with E-state index in [1.807, 2.05) is 0 Å². The Morgan fingerprint density at radius 2 is 1.48 bits per heavy atom. The van der Waals surface area contributed by atoms with Crippen LogP contribution in [0.15, 0.2) is 0 Å². The number of quaternary nitrogens is 1. The fourth-order valence-corrected chi connectivity index (χ4v) is 7.92. The first-order valence-corrected chi connectivity index (χ1v) is 12.4. The Morgan fingerprint density at radius 3 is 2.03 bits per heavy atom. The normalized spacial score (nSPS) is 38.8. The SMILES string of the molecule is C[NH+]1CCN(C(=O)[C@@H](NC(=O)C2CCCCC2)C23CC4CC(CC(C4)C2)C3)CC1. The number of nitrogens with one attached hydrogen (secondary N) is 2. The van der Waals surface area contributed by atoms with Crippen molar-refractivity contribution in [3.63, 3.8) is 0 Å². The second kappa shape index (κ2) is 7.86. The van der Waals surface area contributed by atoms with Crippen molar-refractivity contribution in [3.05, 3.63) is 0 Å². The van der Waals surface area contributed by atoms with Gasteiger partial charge in [0, 0.05) is 11.3 Å². The molecule has 5 nitrogen and oxygen atoms in total. The van der Waals surface area contributed by atoms with E-state index in [9.17, 15) is 9.59 Å². The molecular weight excluding hydrogens is 362 g/mol. The number of carbonyl (C=O) groups is 2. The van der Waals surface area contributed by atoms with Crippen molar-refractivity contribution >= 4 is 11.8 Å². The average Bonchev–Trinajstić information content (AvgIpc) is 2.71. The lowest BCUT2D eigenvalue weighted by molar-refractivity contribution is -0.883. The summed E-state index contributed by atoms with van der Waals surface area (Å²) in [4.78, 5) is 30.7. The lowest BCUT2D eigenvalue weighted by Crippen LogP contribution is -3.12. The maximum Gasteiger partial charge on any atom is 0.246 e. The second-order valence-corrected chi connectivity index (χ2v) is 11.3. The number of carbonyl (C=O) groups excluding carboxylic acids is 2. The van der Waals surface area contributed by atoms with E-state index < -0.39 is 0 Å². The maximum atomic E-state index is 13.8. The molecule has 5 aliphatic carbocycles. The predicted molar refractivity (Wildman–Crippen MR) is 112 cm³/mol. The second-order valence-electron chi connectivity index (χ2n) is 11.3. The monoisotopic (exact) mass is 402 g/mol. The first-order chi connectivity index (χ1) is 14.0. The molecule has 2 N–H and O–H groups in total. The molecule has 0 unspecified atom stereocenters. The molecule has 162 valence electrons. The van der Waals surface area contributed by atoms with Crippen LogP contribution in [0.2, 0.25) is 0 Å². The van der Waals surface area contributed by atoms with E-state index in [1.54, 1.807) is 0 Å². The highest BCUT2D eigenvalue weighted by atomic mass is 16.2. The molecule has 0 aromatic heterocycles. The van der Waals surface area contributed by atoms with Crippen molar-refractivity contribution < 1.29 is 14.5 Å². The highest BCUT2D eigenvalue weighted by Crippen LogP contribution is 2.61. The van der Waals surface area contributed by atoms with Crippen molar-refractivity contribution in [2.45, 2.75) is 76.7 Å². The average molecular weight is 403 g/mol. The molecule has 1 saturated heterocycles. The topological polar surface area (TPSA) is 53.9 Å². The Labute approximate surface area is 175 Å². The minimum atomic E-state index is -0.274. The smallest absolute Gasteiger partial charge is 0.246 e. The molecule has 5 saturated carbocycles. The van der Waals surface area contributed by atoms with Crippen molar-refractivity contribution in [1.29, 1.82) is 0 Å². The van der Waals surface area contributed by atoms with Gasteiger partial charge in [0.05, 0.1) is 33.2 Å². The summed E-state index contributed by atoms with van der Waals surface area (Å²) in [6.07, 6.45) is 13.2. The minimum absolute atomic E-state index is 0.0341. The van der Waals surface area contributed by atoms with Gasteiger partial charge in [-0.1, -0.05) is 19.3 Å². The molecule has 1 heterocycles. The van der Waals surface area contributed by atoms with Crippen LogP contribution in [0.25, 0.3) is 0 Å². The van der Waals surface area contributed by atoms with Crippen LogP contribution >= 0.6 is 0 Å². The van der Waals surface area contributed by atoms with Gasteiger partial charge >= 0.3 is 0 Å². The number of piperazine rings is 1. The van der Waals surface area contributed by atoms with Gasteiger partial charge < -0.3 is 15.1 Å². The summed E-state index contributed by atoms with van der Waals surface area (Å²) in [6.45, 7) is 3.73. The first-order valence-electron chi connectivity index (χ1n) is 12.4. The number of hydrogen-bond acceptors (Lipinski definition) is 2. The van der Waals surface area contributed by atoms with Crippen molar-refractivity contribution in [3.8, 4) is 0 Å². The number of rotatable bonds is 4. The molecule has 1 atom stereocenters. The zero-order valence-electron chi connectivity index (χ0n) is 18.3. The zero-order valence-corrected chi connectivity index (χ0v) is 18.3. The van der Waals surface area contributed by atoms with E-state index in [2.05, 4.69) is 17.3 Å². The molecule has 6 aliphatic rings. The molecule has 6 fully saturated rings. The number of likely N-dealkylation sites (N-methyl/N-ethyl adjacent to an activating group) is 1. The summed E-state index contributed by atoms with van der Waals surface area (Å²) in [5.41, 5.74) is 0.0341. The van der Waals surface area contributed by atoms with Crippen LogP contribution in [-0.2, 0) is 9.59 Å². The summed E-state index contributed by atoms with van der Waals surface area (Å²) in [5, 5.41) is 3.42. The van der Waals surface area contributed by atoms with E-state index >= 15 is 0 Å². The van der Waals surface area contributed by atoms with Crippen molar-refractivity contribution in [2.24, 2.45) is 29.1 Å². The summed E-state index contributed by atoms with van der Waals surface area (Å²) < 4.78 is 0. The van der Waals surface area contributed by atoms with Gasteiger partial charge in [-0.3, -0.25) is 9.59 Å². The van der Waals surface area contributed by atoms with Crippen LogP contribution in [0.5, 0.6) is 0 Å². The summed E-state index contributed by atoms with van der Waals surface area (Å²) in [5.74, 6) is 2.92. The van der Waals surface area contributed by atoms with Gasteiger partial charge in [-0.05, 0) is 69.1 Å². The Kier molecular flexibility index (Phi) is 5.38. The molecule has 0 aromatic rings. The number of hydrogen-bond donors (Lipinski definition) is 2. The molecule has 5 heteroatoms. The van der Waals surface area contributed by atoms with Crippen molar-refractivity contribution in [2.75, 3.05) is 33.2 Å². The molecular formula is C24H40N3O2+. The molecule has 0 spiro atoms. The van der Waals surface area contributed by atoms with Gasteiger partial charge in [0.1, 0.15) is 6.04 Å². The molecule has 4 bridgehead atoms. The van der Waals surface area contributed by atoms with Gasteiger partial charge in [0.25, 0.3) is 0 Å². The molecule has 6 rings (SSSR count). The molecule has 1 aliphatic heterocycles. The van der Waals surface area contributed by atoms with Crippen LogP contribution in [0.3, 0.4) is 0 Å². The first kappa shape index (κ1) is 19.8. The number of amides is 2. The summed E-state index contributed by atoms with van der Waals surface area (Å²) >= 11 is 0. The van der Waals surface area contributed by atoms with Gasteiger partial charge in [-0.2, -0.15) is 0 Å². The lowest BCUT2D eigenvalue weighted by Gasteiger charge is -2.59. The Balaban J connectivity index is 1.38. The van der Waals surface area contributed by atoms with Gasteiger partial charge in [0.15, 0.2) is 0 Å². The van der Waals surface area contributed by atoms with Crippen LogP contribution in [0.1, 0.15) is 70.6 Å². The number of nitrogens with zero attached hydrogens (tertiary/aromatic N) is 1. The fourth-order valence-electron chi connectivity index (χ4n) is 7.92. The van der Waals surface area contributed by atoms with Gasteiger partial charge in [-0.25, -0.2) is 0 Å². The van der Waals surface area contributed by atoms with Crippen LogP contribution < -0.4 is 10.2 Å². The van der Waals surface area contributed by atoms with E-state index in [0.29, 0.717) is 0 Å². The molecule has 0 aromatic carbocycles. The highest BCUT2D eigenvalue weighted by molar-refractivity contribution is 5.89. The van der Waals surface area contributed by atoms with Crippen molar-refractivity contribution in [1.82, 2.24) is 10.2 Å². The standard InChI is InChI=1S/C24H39N3O2/c1-26-7-9-27(10-8-26)23(29)21(25-22(28)20-5-3-2-4-6-20)24-14-17-11-18(15-24)13-19(12-17)16-24/h17-21H,2-16H2,1H3,(H,25,28)/p+1/t17?,18?,19?,21-,24?/m1/s1. The summed E-state index contributed by atoms with van der Waals surface area (Å²) in [6, 6.07) is -0.274. The highest BCUT2D eigenvalue weighted by Gasteiger charge is 2.57. The third kappa shape index (κ3) is 3.84. The Morgan fingerprint density at radius 1 is 0.931 bits per heavy atom. The maximum absolute atomic E-state index is 13.8. The largest absolute Gasteiger partial charge is 0.344 e. The van der Waals surface area contributed by atoms with E-state index in [0.717, 1.165) is 69.6 Å². The van der Waals surface area contributed by atoms with E-state index in [-0.39, 0.29) is 29.2 Å². The van der Waals surface area contributed by atoms with Gasteiger partial charge in [-0.15, -0.1) is 0 Å². The van der Waals surface area contributed by atoms with E-state index in [1.165, 1.54) is 49.8 Å². The molecule has 2 amide bonds. The molecule has 0 radical (unpaired) electrons. The third-order valence-electron chi connectivity index (χ3n) is 9.14. The Bertz CT molecular complexity index is 599. The van der Waals surface area contributed by atoms with E-state index in [4.69, 9.17) is 0 Å². The lowest BCUT2D eigenvalue weighted by atomic mass is 9.47. The Hall–Kier alpha value is -1.10. The fraction of sp³-hybridized carbons (Fsp3) is 0.917.